The largest absolute Gasteiger partial charge is 0.327 e. The van der Waals surface area contributed by atoms with Crippen LogP contribution in [0.25, 0.3) is 11.4 Å². The van der Waals surface area contributed by atoms with Crippen LogP contribution in [0, 0.1) is 19.7 Å². The van der Waals surface area contributed by atoms with E-state index in [1.165, 1.54) is 11.6 Å². The molecule has 2 aliphatic heterocycles. The van der Waals surface area contributed by atoms with E-state index in [4.69, 9.17) is 5.10 Å². The average Bonchev–Trinajstić information content (AvgIpc) is 3.18. The maximum atomic E-state index is 14.6. The van der Waals surface area contributed by atoms with Gasteiger partial charge in [-0.15, -0.1) is 0 Å². The molecule has 0 N–H and O–H groups in total. The van der Waals surface area contributed by atoms with Crippen LogP contribution in [0.4, 0.5) is 4.39 Å². The van der Waals surface area contributed by atoms with E-state index in [0.717, 1.165) is 54.0 Å². The zero-order chi connectivity index (χ0) is 21.2. The van der Waals surface area contributed by atoms with Crippen LogP contribution in [0.3, 0.4) is 0 Å². The van der Waals surface area contributed by atoms with Crippen molar-refractivity contribution >= 4 is 5.91 Å². The van der Waals surface area contributed by atoms with Crippen molar-refractivity contribution in [1.29, 1.82) is 0 Å². The van der Waals surface area contributed by atoms with Gasteiger partial charge in [-0.05, 0) is 63.3 Å². The molecule has 2 bridgehead atoms. The second-order valence-corrected chi connectivity index (χ2v) is 8.63. The molecule has 30 heavy (non-hydrogen) atoms. The average molecular weight is 407 g/mol. The second-order valence-electron chi connectivity index (χ2n) is 8.63. The molecule has 6 nitrogen and oxygen atoms in total. The first kappa shape index (κ1) is 19.0. The van der Waals surface area contributed by atoms with Gasteiger partial charge in [-0.1, -0.05) is 6.07 Å². The highest BCUT2D eigenvalue weighted by Gasteiger charge is 2.44. The Hall–Kier alpha value is -2.96. The lowest BCUT2D eigenvalue weighted by molar-refractivity contribution is 0.0387. The molecule has 4 heterocycles. The predicted molar refractivity (Wildman–Crippen MR) is 112 cm³/mol. The normalized spacial score (nSPS) is 20.4. The standard InChI is InChI=1S/C23H26FN5O/c1-13-8-9-16(18(24)10-13)23(30)29-15-6-5-7-19(29)21-17(12-15)22(28(4)26-21)20-11-14(2)25-27(20)3/h8-11,15,19H,5-7,12H2,1-4H3/t15-,19+/m0/s1. The van der Waals surface area contributed by atoms with Gasteiger partial charge >= 0.3 is 0 Å². The lowest BCUT2D eigenvalue weighted by Gasteiger charge is -2.45. The summed E-state index contributed by atoms with van der Waals surface area (Å²) in [5.41, 5.74) is 6.17. The first-order valence-corrected chi connectivity index (χ1v) is 10.5. The molecule has 7 heteroatoms. The van der Waals surface area contributed by atoms with Gasteiger partial charge in [0.25, 0.3) is 5.91 Å². The van der Waals surface area contributed by atoms with Crippen LogP contribution >= 0.6 is 0 Å². The van der Waals surface area contributed by atoms with Gasteiger partial charge in [0.15, 0.2) is 0 Å². The number of halogens is 1. The van der Waals surface area contributed by atoms with Crippen molar-refractivity contribution in [3.05, 3.63) is 58.2 Å². The zero-order valence-corrected chi connectivity index (χ0v) is 17.8. The molecule has 1 aromatic carbocycles. The molecule has 2 aromatic heterocycles. The van der Waals surface area contributed by atoms with E-state index in [1.54, 1.807) is 12.1 Å². The molecule has 1 fully saturated rings. The first-order valence-electron chi connectivity index (χ1n) is 10.5. The van der Waals surface area contributed by atoms with Crippen LogP contribution in [0.15, 0.2) is 24.3 Å². The van der Waals surface area contributed by atoms with Crippen molar-refractivity contribution in [3.63, 3.8) is 0 Å². The summed E-state index contributed by atoms with van der Waals surface area (Å²) in [5.74, 6) is -0.674. The molecule has 2 aliphatic rings. The zero-order valence-electron chi connectivity index (χ0n) is 17.8. The fourth-order valence-electron chi connectivity index (χ4n) is 5.23. The van der Waals surface area contributed by atoms with Crippen LogP contribution in [-0.4, -0.2) is 36.4 Å². The topological polar surface area (TPSA) is 56.0 Å². The van der Waals surface area contributed by atoms with E-state index in [9.17, 15) is 9.18 Å². The quantitative estimate of drug-likeness (QED) is 0.648. The lowest BCUT2D eigenvalue weighted by atomic mass is 9.81. The first-order chi connectivity index (χ1) is 14.3. The minimum Gasteiger partial charge on any atom is -0.327 e. The van der Waals surface area contributed by atoms with Gasteiger partial charge in [-0.2, -0.15) is 10.2 Å². The van der Waals surface area contributed by atoms with E-state index in [0.29, 0.717) is 0 Å². The van der Waals surface area contributed by atoms with Crippen molar-refractivity contribution < 1.29 is 9.18 Å². The SMILES string of the molecule is Cc1ccc(C(=O)N2[C@H]3CCC[C@@H]2c2nn(C)c(-c4cc(C)nn4C)c2C3)c(F)c1. The number of nitrogens with zero attached hydrogens (tertiary/aromatic N) is 5. The Kier molecular flexibility index (Phi) is 4.31. The molecule has 3 aromatic rings. The minimum atomic E-state index is -0.448. The maximum absolute atomic E-state index is 14.6. The Balaban J connectivity index is 1.60. The number of carbonyl (C=O) groups is 1. The van der Waals surface area contributed by atoms with Crippen LogP contribution in [-0.2, 0) is 20.5 Å². The Bertz CT molecular complexity index is 1160. The summed E-state index contributed by atoms with van der Waals surface area (Å²) < 4.78 is 18.4. The summed E-state index contributed by atoms with van der Waals surface area (Å²) in [7, 11) is 3.90. The molecule has 0 spiro atoms. The number of rotatable bonds is 2. The molecule has 0 unspecified atom stereocenters. The summed E-state index contributed by atoms with van der Waals surface area (Å²) in [6.45, 7) is 3.81. The number of piperidine rings is 1. The van der Waals surface area contributed by atoms with Crippen molar-refractivity contribution in [3.8, 4) is 11.4 Å². The van der Waals surface area contributed by atoms with Crippen molar-refractivity contribution in [2.75, 3.05) is 0 Å². The van der Waals surface area contributed by atoms with Crippen molar-refractivity contribution in [1.82, 2.24) is 24.5 Å². The van der Waals surface area contributed by atoms with Crippen molar-refractivity contribution in [2.45, 2.75) is 51.6 Å². The molecule has 156 valence electrons. The molecule has 5 rings (SSSR count). The van der Waals surface area contributed by atoms with Gasteiger partial charge in [0.1, 0.15) is 5.82 Å². The highest BCUT2D eigenvalue weighted by atomic mass is 19.1. The number of hydrogen-bond acceptors (Lipinski definition) is 3. The van der Waals surface area contributed by atoms with Crippen LogP contribution in [0.5, 0.6) is 0 Å². The van der Waals surface area contributed by atoms with Gasteiger partial charge in [0.05, 0.1) is 34.4 Å². The fraction of sp³-hybridized carbons (Fsp3) is 0.435. The van der Waals surface area contributed by atoms with E-state index in [1.807, 2.05) is 42.2 Å². The summed E-state index contributed by atoms with van der Waals surface area (Å²) in [6, 6.07) is 6.86. The van der Waals surface area contributed by atoms with Gasteiger partial charge in [0.2, 0.25) is 0 Å². The predicted octanol–water partition coefficient (Wildman–Crippen LogP) is 3.87. The number of benzene rings is 1. The Morgan fingerprint density at radius 2 is 1.90 bits per heavy atom. The molecular formula is C23H26FN5O. The number of aryl methyl sites for hydroxylation is 4. The monoisotopic (exact) mass is 407 g/mol. The number of hydrogen-bond donors (Lipinski definition) is 0. The number of fused-ring (bicyclic) bond motifs is 4. The van der Waals surface area contributed by atoms with E-state index in [-0.39, 0.29) is 23.6 Å². The molecule has 0 saturated carbocycles. The summed E-state index contributed by atoms with van der Waals surface area (Å²) in [6.07, 6.45) is 3.56. The number of amides is 1. The molecule has 0 radical (unpaired) electrons. The molecular weight excluding hydrogens is 381 g/mol. The van der Waals surface area contributed by atoms with Crippen LogP contribution < -0.4 is 0 Å². The van der Waals surface area contributed by atoms with E-state index >= 15 is 0 Å². The lowest BCUT2D eigenvalue weighted by Crippen LogP contribution is -2.50. The smallest absolute Gasteiger partial charge is 0.257 e. The van der Waals surface area contributed by atoms with E-state index < -0.39 is 5.82 Å². The molecule has 1 saturated heterocycles. The highest BCUT2D eigenvalue weighted by Crippen LogP contribution is 2.45. The Morgan fingerprint density at radius 3 is 2.60 bits per heavy atom. The maximum Gasteiger partial charge on any atom is 0.257 e. The van der Waals surface area contributed by atoms with Gasteiger partial charge < -0.3 is 4.90 Å². The third-order valence-electron chi connectivity index (χ3n) is 6.51. The third kappa shape index (κ3) is 2.79. The molecule has 1 amide bonds. The second kappa shape index (κ2) is 6.79. The van der Waals surface area contributed by atoms with Gasteiger partial charge in [-0.3, -0.25) is 14.2 Å². The molecule has 2 atom stereocenters. The number of aromatic nitrogens is 4. The Morgan fingerprint density at radius 1 is 1.10 bits per heavy atom. The van der Waals surface area contributed by atoms with Crippen molar-refractivity contribution in [2.24, 2.45) is 14.1 Å². The van der Waals surface area contributed by atoms with Gasteiger partial charge in [0, 0.05) is 25.7 Å². The van der Waals surface area contributed by atoms with Crippen LogP contribution in [0.1, 0.15) is 58.2 Å². The third-order valence-corrected chi connectivity index (χ3v) is 6.51. The Labute approximate surface area is 175 Å². The number of carbonyl (C=O) groups excluding carboxylic acids is 1. The highest BCUT2D eigenvalue weighted by molar-refractivity contribution is 5.95. The minimum absolute atomic E-state index is 0.0572. The summed E-state index contributed by atoms with van der Waals surface area (Å²) in [4.78, 5) is 15.3. The molecule has 0 aliphatic carbocycles. The summed E-state index contributed by atoms with van der Waals surface area (Å²) in [5, 5.41) is 9.35. The van der Waals surface area contributed by atoms with Crippen LogP contribution in [0.2, 0.25) is 0 Å². The van der Waals surface area contributed by atoms with E-state index in [2.05, 4.69) is 11.2 Å². The van der Waals surface area contributed by atoms with Gasteiger partial charge in [-0.25, -0.2) is 4.39 Å². The fourth-order valence-corrected chi connectivity index (χ4v) is 5.23. The summed E-state index contributed by atoms with van der Waals surface area (Å²) >= 11 is 0.